The summed E-state index contributed by atoms with van der Waals surface area (Å²) in [5, 5.41) is 2.21. The standard InChI is InChI=1S/C9H11F4NO/c1-6-2-3-7(15-6)4-14-5-9(12,13)8(10)11/h2-3,8,14H,4-5H2,1H3. The van der Waals surface area contributed by atoms with Crippen molar-refractivity contribution in [2.45, 2.75) is 25.8 Å². The van der Waals surface area contributed by atoms with Gasteiger partial charge in [-0.05, 0) is 19.1 Å². The quantitative estimate of drug-likeness (QED) is 0.779. The molecule has 0 bridgehead atoms. The van der Waals surface area contributed by atoms with Crippen LogP contribution in [0.3, 0.4) is 0 Å². The summed E-state index contributed by atoms with van der Waals surface area (Å²) in [6, 6.07) is 3.27. The number of hydrogen-bond acceptors (Lipinski definition) is 2. The van der Waals surface area contributed by atoms with Gasteiger partial charge >= 0.3 is 12.3 Å². The summed E-state index contributed by atoms with van der Waals surface area (Å²) in [6.45, 7) is 0.651. The van der Waals surface area contributed by atoms with Crippen molar-refractivity contribution < 1.29 is 22.0 Å². The average Bonchev–Trinajstić information content (AvgIpc) is 2.51. The molecule has 0 aliphatic rings. The van der Waals surface area contributed by atoms with Crippen molar-refractivity contribution >= 4 is 0 Å². The van der Waals surface area contributed by atoms with Crippen LogP contribution in [-0.2, 0) is 6.54 Å². The molecule has 0 spiro atoms. The highest BCUT2D eigenvalue weighted by Crippen LogP contribution is 2.21. The highest BCUT2D eigenvalue weighted by molar-refractivity contribution is 5.05. The molecule has 1 aromatic rings. The van der Waals surface area contributed by atoms with E-state index in [0.29, 0.717) is 11.5 Å². The van der Waals surface area contributed by atoms with E-state index in [-0.39, 0.29) is 6.54 Å². The number of hydrogen-bond donors (Lipinski definition) is 1. The van der Waals surface area contributed by atoms with Crippen LogP contribution < -0.4 is 5.32 Å². The van der Waals surface area contributed by atoms with Crippen LogP contribution in [-0.4, -0.2) is 18.9 Å². The molecule has 0 aliphatic heterocycles. The Balaban J connectivity index is 2.33. The number of aryl methyl sites for hydroxylation is 1. The largest absolute Gasteiger partial charge is 0.465 e. The molecule has 0 fully saturated rings. The molecule has 0 saturated carbocycles. The lowest BCUT2D eigenvalue weighted by Gasteiger charge is -2.15. The maximum absolute atomic E-state index is 12.4. The third kappa shape index (κ3) is 3.54. The van der Waals surface area contributed by atoms with Crippen molar-refractivity contribution in [2.75, 3.05) is 6.54 Å². The first-order valence-corrected chi connectivity index (χ1v) is 4.34. The average molecular weight is 225 g/mol. The van der Waals surface area contributed by atoms with Crippen LogP contribution >= 0.6 is 0 Å². The van der Waals surface area contributed by atoms with Crippen molar-refractivity contribution in [3.05, 3.63) is 23.7 Å². The summed E-state index contributed by atoms with van der Waals surface area (Å²) < 4.78 is 53.3. The van der Waals surface area contributed by atoms with Gasteiger partial charge in [0.15, 0.2) is 0 Å². The second-order valence-corrected chi connectivity index (χ2v) is 3.18. The monoisotopic (exact) mass is 225 g/mol. The molecule has 1 heterocycles. The van der Waals surface area contributed by atoms with E-state index >= 15 is 0 Å². The maximum Gasteiger partial charge on any atom is 0.319 e. The molecule has 0 saturated heterocycles. The van der Waals surface area contributed by atoms with Gasteiger partial charge in [0.1, 0.15) is 11.5 Å². The summed E-state index contributed by atoms with van der Waals surface area (Å²) in [7, 11) is 0. The Morgan fingerprint density at radius 3 is 2.53 bits per heavy atom. The van der Waals surface area contributed by atoms with Crippen molar-refractivity contribution in [3.8, 4) is 0 Å². The van der Waals surface area contributed by atoms with Crippen LogP contribution in [0.4, 0.5) is 17.6 Å². The molecule has 0 radical (unpaired) electrons. The SMILES string of the molecule is Cc1ccc(CNCC(F)(F)C(F)F)o1. The zero-order chi connectivity index (χ0) is 11.5. The number of alkyl halides is 4. The van der Waals surface area contributed by atoms with Crippen LogP contribution in [0, 0.1) is 6.92 Å². The minimum atomic E-state index is -4.00. The van der Waals surface area contributed by atoms with E-state index in [0.717, 1.165) is 0 Å². The van der Waals surface area contributed by atoms with E-state index in [1.54, 1.807) is 19.1 Å². The first-order valence-electron chi connectivity index (χ1n) is 4.34. The van der Waals surface area contributed by atoms with E-state index in [1.165, 1.54) is 0 Å². The van der Waals surface area contributed by atoms with Gasteiger partial charge in [0, 0.05) is 0 Å². The Kier molecular flexibility index (Phi) is 3.73. The molecule has 0 amide bonds. The van der Waals surface area contributed by atoms with Gasteiger partial charge in [0.25, 0.3) is 0 Å². The second-order valence-electron chi connectivity index (χ2n) is 3.18. The molecule has 0 aromatic carbocycles. The molecule has 1 N–H and O–H groups in total. The second kappa shape index (κ2) is 4.65. The first kappa shape index (κ1) is 12.0. The lowest BCUT2D eigenvalue weighted by molar-refractivity contribution is -0.125. The molecule has 6 heteroatoms. The molecule has 86 valence electrons. The zero-order valence-corrected chi connectivity index (χ0v) is 8.07. The third-order valence-corrected chi connectivity index (χ3v) is 1.78. The highest BCUT2D eigenvalue weighted by Gasteiger charge is 2.39. The first-order chi connectivity index (χ1) is 6.92. The van der Waals surface area contributed by atoms with Gasteiger partial charge in [0.05, 0.1) is 13.1 Å². The topological polar surface area (TPSA) is 25.2 Å². The number of nitrogens with one attached hydrogen (secondary N) is 1. The van der Waals surface area contributed by atoms with Crippen molar-refractivity contribution in [1.29, 1.82) is 0 Å². The summed E-state index contributed by atoms with van der Waals surface area (Å²) in [5.74, 6) is -2.91. The van der Waals surface area contributed by atoms with E-state index in [4.69, 9.17) is 4.42 Å². The van der Waals surface area contributed by atoms with E-state index < -0.39 is 18.9 Å². The van der Waals surface area contributed by atoms with Gasteiger partial charge in [0.2, 0.25) is 0 Å². The number of furan rings is 1. The highest BCUT2D eigenvalue weighted by atomic mass is 19.3. The predicted molar refractivity (Wildman–Crippen MR) is 46.1 cm³/mol. The lowest BCUT2D eigenvalue weighted by atomic mass is 10.3. The fourth-order valence-electron chi connectivity index (χ4n) is 1.01. The van der Waals surface area contributed by atoms with Crippen LogP contribution in [0.1, 0.15) is 11.5 Å². The van der Waals surface area contributed by atoms with Gasteiger partial charge < -0.3 is 9.73 Å². The Hall–Kier alpha value is -1.04. The molecule has 1 aromatic heterocycles. The van der Waals surface area contributed by atoms with Crippen molar-refractivity contribution in [2.24, 2.45) is 0 Å². The zero-order valence-electron chi connectivity index (χ0n) is 8.07. The molecule has 15 heavy (non-hydrogen) atoms. The van der Waals surface area contributed by atoms with Crippen LogP contribution in [0.25, 0.3) is 0 Å². The molecule has 0 atom stereocenters. The van der Waals surface area contributed by atoms with Gasteiger partial charge in [-0.15, -0.1) is 0 Å². The molecule has 1 rings (SSSR count). The predicted octanol–water partition coefficient (Wildman–Crippen LogP) is 2.58. The van der Waals surface area contributed by atoms with E-state index in [9.17, 15) is 17.6 Å². The Labute approximate surface area is 84.3 Å². The van der Waals surface area contributed by atoms with Crippen LogP contribution in [0.2, 0.25) is 0 Å². The molecule has 0 aliphatic carbocycles. The number of halogens is 4. The van der Waals surface area contributed by atoms with Crippen molar-refractivity contribution in [3.63, 3.8) is 0 Å². The van der Waals surface area contributed by atoms with E-state index in [1.807, 2.05) is 0 Å². The Morgan fingerprint density at radius 1 is 1.40 bits per heavy atom. The van der Waals surface area contributed by atoms with E-state index in [2.05, 4.69) is 5.32 Å². The van der Waals surface area contributed by atoms with Crippen molar-refractivity contribution in [1.82, 2.24) is 5.32 Å². The fourth-order valence-corrected chi connectivity index (χ4v) is 1.01. The minimum Gasteiger partial charge on any atom is -0.465 e. The molecule has 0 unspecified atom stereocenters. The van der Waals surface area contributed by atoms with Crippen LogP contribution in [0.5, 0.6) is 0 Å². The summed E-state index contributed by atoms with van der Waals surface area (Å²) in [5.41, 5.74) is 0. The van der Waals surface area contributed by atoms with Gasteiger partial charge in [-0.25, -0.2) is 8.78 Å². The molecular weight excluding hydrogens is 214 g/mol. The number of rotatable bonds is 5. The third-order valence-electron chi connectivity index (χ3n) is 1.78. The smallest absolute Gasteiger partial charge is 0.319 e. The molecule has 2 nitrogen and oxygen atoms in total. The normalized spacial score (nSPS) is 12.4. The summed E-state index contributed by atoms with van der Waals surface area (Å²) >= 11 is 0. The Morgan fingerprint density at radius 2 is 2.07 bits per heavy atom. The summed E-state index contributed by atoms with van der Waals surface area (Å²) in [6.07, 6.45) is -3.65. The van der Waals surface area contributed by atoms with Gasteiger partial charge in [-0.3, -0.25) is 0 Å². The van der Waals surface area contributed by atoms with Gasteiger partial charge in [-0.2, -0.15) is 8.78 Å². The minimum absolute atomic E-state index is 0.0101. The van der Waals surface area contributed by atoms with Crippen LogP contribution in [0.15, 0.2) is 16.5 Å². The fraction of sp³-hybridized carbons (Fsp3) is 0.556. The Bertz CT molecular complexity index is 311. The maximum atomic E-state index is 12.4. The summed E-state index contributed by atoms with van der Waals surface area (Å²) in [4.78, 5) is 0. The lowest BCUT2D eigenvalue weighted by Crippen LogP contribution is -2.38. The van der Waals surface area contributed by atoms with Gasteiger partial charge in [-0.1, -0.05) is 0 Å². The molecular formula is C9H11F4NO.